The van der Waals surface area contributed by atoms with Crippen LogP contribution in [0.2, 0.25) is 0 Å². The molecule has 3 rings (SSSR count). The lowest BCUT2D eigenvalue weighted by molar-refractivity contribution is -0.126. The first-order valence-electron chi connectivity index (χ1n) is 11.4. The van der Waals surface area contributed by atoms with Gasteiger partial charge in [0.2, 0.25) is 5.91 Å². The Hall–Kier alpha value is -3.25. The van der Waals surface area contributed by atoms with Crippen molar-refractivity contribution in [3.8, 4) is 5.75 Å². The van der Waals surface area contributed by atoms with Crippen LogP contribution in [-0.2, 0) is 4.79 Å². The predicted octanol–water partition coefficient (Wildman–Crippen LogP) is 4.85. The largest absolute Gasteiger partial charge is 0.492 e. The summed E-state index contributed by atoms with van der Waals surface area (Å²) in [5, 5.41) is 3.10. The molecule has 5 nitrogen and oxygen atoms in total. The molecule has 3 aromatic rings. The molecule has 174 valence electrons. The van der Waals surface area contributed by atoms with Gasteiger partial charge in [0.05, 0.1) is 11.7 Å². The number of pyridine rings is 1. The maximum atomic E-state index is 13.9. The summed E-state index contributed by atoms with van der Waals surface area (Å²) >= 11 is 0. The van der Waals surface area contributed by atoms with Crippen LogP contribution in [0.15, 0.2) is 79.0 Å². The zero-order chi connectivity index (χ0) is 23.5. The molecule has 2 aromatic carbocycles. The SMILES string of the molecule is CCC(CCN(C)CCOc1ccccc1)C(=O)NC(c1cccc(F)c1)c1ccccn1. The molecule has 0 aliphatic heterocycles. The van der Waals surface area contributed by atoms with Crippen molar-refractivity contribution in [3.63, 3.8) is 0 Å². The normalized spacial score (nSPS) is 12.8. The third-order valence-electron chi connectivity index (χ3n) is 5.66. The Balaban J connectivity index is 1.56. The van der Waals surface area contributed by atoms with Crippen LogP contribution in [0.5, 0.6) is 5.75 Å². The number of carbonyl (C=O) groups excluding carboxylic acids is 1. The fourth-order valence-corrected chi connectivity index (χ4v) is 3.67. The molecule has 2 atom stereocenters. The molecule has 1 aromatic heterocycles. The number of hydrogen-bond acceptors (Lipinski definition) is 4. The van der Waals surface area contributed by atoms with Gasteiger partial charge >= 0.3 is 0 Å². The molecule has 0 aliphatic carbocycles. The molecule has 1 N–H and O–H groups in total. The quantitative estimate of drug-likeness (QED) is 0.429. The van der Waals surface area contributed by atoms with Gasteiger partial charge < -0.3 is 15.0 Å². The van der Waals surface area contributed by atoms with Crippen molar-refractivity contribution < 1.29 is 13.9 Å². The van der Waals surface area contributed by atoms with Crippen LogP contribution in [-0.4, -0.2) is 42.5 Å². The van der Waals surface area contributed by atoms with Gasteiger partial charge in [0.15, 0.2) is 0 Å². The Morgan fingerprint density at radius 2 is 1.85 bits per heavy atom. The van der Waals surface area contributed by atoms with Crippen LogP contribution < -0.4 is 10.1 Å². The topological polar surface area (TPSA) is 54.5 Å². The molecule has 2 unspecified atom stereocenters. The number of aromatic nitrogens is 1. The van der Waals surface area contributed by atoms with Crippen LogP contribution in [0.4, 0.5) is 4.39 Å². The van der Waals surface area contributed by atoms with Crippen molar-refractivity contribution in [2.45, 2.75) is 25.8 Å². The number of halogens is 1. The highest BCUT2D eigenvalue weighted by Crippen LogP contribution is 2.22. The lowest BCUT2D eigenvalue weighted by Crippen LogP contribution is -2.36. The smallest absolute Gasteiger partial charge is 0.223 e. The molecular weight excluding hydrogens is 417 g/mol. The number of ether oxygens (including phenoxy) is 1. The molecule has 0 radical (unpaired) electrons. The van der Waals surface area contributed by atoms with Crippen molar-refractivity contribution in [1.82, 2.24) is 15.2 Å². The predicted molar refractivity (Wildman–Crippen MR) is 128 cm³/mol. The second-order valence-electron chi connectivity index (χ2n) is 8.11. The van der Waals surface area contributed by atoms with Gasteiger partial charge in [-0.25, -0.2) is 4.39 Å². The van der Waals surface area contributed by atoms with E-state index in [0.29, 0.717) is 17.9 Å². The first kappa shape index (κ1) is 24.4. The fourth-order valence-electron chi connectivity index (χ4n) is 3.67. The van der Waals surface area contributed by atoms with E-state index in [9.17, 15) is 9.18 Å². The third-order valence-corrected chi connectivity index (χ3v) is 5.66. The van der Waals surface area contributed by atoms with E-state index in [1.807, 2.05) is 68.6 Å². The Bertz CT molecular complexity index is 985. The molecule has 6 heteroatoms. The van der Waals surface area contributed by atoms with Gasteiger partial charge in [-0.05, 0) is 68.4 Å². The number of nitrogens with zero attached hydrogens (tertiary/aromatic N) is 2. The van der Waals surface area contributed by atoms with Crippen molar-refractivity contribution >= 4 is 5.91 Å². The van der Waals surface area contributed by atoms with Gasteiger partial charge in [0, 0.05) is 18.7 Å². The highest BCUT2D eigenvalue weighted by molar-refractivity contribution is 5.79. The fraction of sp³-hybridized carbons (Fsp3) is 0.333. The summed E-state index contributed by atoms with van der Waals surface area (Å²) in [6.45, 7) is 4.15. The van der Waals surface area contributed by atoms with Crippen molar-refractivity contribution in [2.75, 3.05) is 26.7 Å². The van der Waals surface area contributed by atoms with Gasteiger partial charge in [0.25, 0.3) is 0 Å². The molecule has 1 amide bonds. The lowest BCUT2D eigenvalue weighted by atomic mass is 9.98. The van der Waals surface area contributed by atoms with E-state index in [2.05, 4.69) is 15.2 Å². The summed E-state index contributed by atoms with van der Waals surface area (Å²) in [6, 6.07) is 21.1. The number of amides is 1. The van der Waals surface area contributed by atoms with Crippen LogP contribution in [0.25, 0.3) is 0 Å². The first-order valence-corrected chi connectivity index (χ1v) is 11.4. The van der Waals surface area contributed by atoms with Crippen LogP contribution in [0.3, 0.4) is 0 Å². The van der Waals surface area contributed by atoms with Crippen molar-refractivity contribution in [3.05, 3.63) is 96.1 Å². The number of rotatable bonds is 12. The van der Waals surface area contributed by atoms with Crippen molar-refractivity contribution in [2.24, 2.45) is 5.92 Å². The van der Waals surface area contributed by atoms with Gasteiger partial charge in [-0.3, -0.25) is 9.78 Å². The number of para-hydroxylation sites is 1. The van der Waals surface area contributed by atoms with E-state index in [1.165, 1.54) is 12.1 Å². The Labute approximate surface area is 195 Å². The van der Waals surface area contributed by atoms with E-state index in [-0.39, 0.29) is 17.6 Å². The molecule has 0 saturated carbocycles. The number of carbonyl (C=O) groups is 1. The number of hydrogen-bond donors (Lipinski definition) is 1. The standard InChI is InChI=1S/C27H32FN3O2/c1-3-21(15-17-31(2)18-19-33-24-12-5-4-6-13-24)27(32)30-26(25-14-7-8-16-29-25)22-10-9-11-23(28)20-22/h4-14,16,20-21,26H,3,15,17-19H2,1-2H3,(H,30,32). The summed E-state index contributed by atoms with van der Waals surface area (Å²) in [7, 11) is 2.03. The maximum absolute atomic E-state index is 13.9. The van der Waals surface area contributed by atoms with Gasteiger partial charge in [0.1, 0.15) is 18.2 Å². The molecule has 0 spiro atoms. The Morgan fingerprint density at radius 3 is 2.55 bits per heavy atom. The van der Waals surface area contributed by atoms with Gasteiger partial charge in [-0.1, -0.05) is 43.3 Å². The molecule has 0 saturated heterocycles. The molecule has 0 aliphatic rings. The molecule has 0 bridgehead atoms. The summed E-state index contributed by atoms with van der Waals surface area (Å²) in [5.41, 5.74) is 1.36. The van der Waals surface area contributed by atoms with E-state index < -0.39 is 6.04 Å². The number of nitrogens with one attached hydrogen (secondary N) is 1. The maximum Gasteiger partial charge on any atom is 0.223 e. The average molecular weight is 450 g/mol. The van der Waals surface area contributed by atoms with Gasteiger partial charge in [-0.2, -0.15) is 0 Å². The molecule has 1 heterocycles. The number of benzene rings is 2. The Morgan fingerprint density at radius 1 is 1.06 bits per heavy atom. The zero-order valence-corrected chi connectivity index (χ0v) is 19.3. The highest BCUT2D eigenvalue weighted by Gasteiger charge is 2.23. The summed E-state index contributed by atoms with van der Waals surface area (Å²) in [4.78, 5) is 19.7. The van der Waals surface area contributed by atoms with E-state index in [1.54, 1.807) is 12.3 Å². The monoisotopic (exact) mass is 449 g/mol. The van der Waals surface area contributed by atoms with Crippen molar-refractivity contribution in [1.29, 1.82) is 0 Å². The summed E-state index contributed by atoms with van der Waals surface area (Å²) < 4.78 is 19.6. The average Bonchev–Trinajstić information content (AvgIpc) is 2.84. The highest BCUT2D eigenvalue weighted by atomic mass is 19.1. The van der Waals surface area contributed by atoms with E-state index in [4.69, 9.17) is 4.74 Å². The van der Waals surface area contributed by atoms with E-state index in [0.717, 1.165) is 31.7 Å². The number of likely N-dealkylation sites (N-methyl/N-ethyl adjacent to an activating group) is 1. The van der Waals surface area contributed by atoms with Crippen LogP contribution in [0.1, 0.15) is 37.1 Å². The molecule has 0 fully saturated rings. The van der Waals surface area contributed by atoms with Crippen LogP contribution in [0, 0.1) is 11.7 Å². The second kappa shape index (κ2) is 12.7. The van der Waals surface area contributed by atoms with E-state index >= 15 is 0 Å². The minimum Gasteiger partial charge on any atom is -0.492 e. The third kappa shape index (κ3) is 7.68. The Kier molecular flexibility index (Phi) is 9.39. The van der Waals surface area contributed by atoms with Crippen LogP contribution >= 0.6 is 0 Å². The summed E-state index contributed by atoms with van der Waals surface area (Å²) in [6.07, 6.45) is 3.12. The van der Waals surface area contributed by atoms with Gasteiger partial charge in [-0.15, -0.1) is 0 Å². The molecule has 33 heavy (non-hydrogen) atoms. The zero-order valence-electron chi connectivity index (χ0n) is 19.3. The molecular formula is C27H32FN3O2. The minimum atomic E-state index is -0.500. The minimum absolute atomic E-state index is 0.0497. The lowest BCUT2D eigenvalue weighted by Gasteiger charge is -2.24. The first-order chi connectivity index (χ1) is 16.1. The summed E-state index contributed by atoms with van der Waals surface area (Å²) in [5.74, 6) is 0.317. The second-order valence-corrected chi connectivity index (χ2v) is 8.11.